The second kappa shape index (κ2) is 12.9. The summed E-state index contributed by atoms with van der Waals surface area (Å²) in [6.45, 7) is 3.32. The molecule has 5 rings (SSSR count). The van der Waals surface area contributed by atoms with E-state index in [2.05, 4.69) is 9.71 Å². The van der Waals surface area contributed by atoms with Crippen LogP contribution in [-0.4, -0.2) is 57.1 Å². The molecule has 11 heteroatoms. The van der Waals surface area contributed by atoms with Crippen molar-refractivity contribution >= 4 is 49.1 Å². The zero-order valence-electron chi connectivity index (χ0n) is 22.9. The predicted molar refractivity (Wildman–Crippen MR) is 161 cm³/mol. The van der Waals surface area contributed by atoms with Crippen LogP contribution in [0.1, 0.15) is 39.8 Å². The molecule has 0 saturated carbocycles. The second-order valence-electron chi connectivity index (χ2n) is 9.90. The molecule has 0 spiro atoms. The molecule has 0 bridgehead atoms. The maximum Gasteiger partial charge on any atom is 0.283 e. The van der Waals surface area contributed by atoms with Crippen LogP contribution in [0.4, 0.5) is 0 Å². The molecule has 4 aromatic rings. The van der Waals surface area contributed by atoms with Crippen LogP contribution in [0.25, 0.3) is 10.2 Å². The molecule has 1 aliphatic carbocycles. The lowest BCUT2D eigenvalue weighted by atomic mass is 10.1. The number of hydrogen-bond acceptors (Lipinski definition) is 7. The van der Waals surface area contributed by atoms with E-state index in [0.717, 1.165) is 26.9 Å². The number of nitrogens with one attached hydrogen (secondary N) is 1. The van der Waals surface area contributed by atoms with Crippen molar-refractivity contribution in [1.29, 1.82) is 0 Å². The second-order valence-corrected chi connectivity index (χ2v) is 13.1. The maximum atomic E-state index is 14.1. The van der Waals surface area contributed by atoms with Crippen LogP contribution >= 0.6 is 22.9 Å². The molecule has 41 heavy (non-hydrogen) atoms. The summed E-state index contributed by atoms with van der Waals surface area (Å²) in [4.78, 5) is 20.8. The first-order valence-electron chi connectivity index (χ1n) is 13.5. The summed E-state index contributed by atoms with van der Waals surface area (Å²) in [7, 11) is -2.00. The third-order valence-electron chi connectivity index (χ3n) is 7.03. The number of ether oxygens (including phenoxy) is 2. The van der Waals surface area contributed by atoms with Crippen LogP contribution in [0.15, 0.2) is 65.6 Å². The SMILES string of the molecule is CCCNS(=O)(=O)c1ccc2c(c1)CC(N(Cc1cc(Cl)ccc1OCCOC)C(=O)c1nc3ccccc3s1)C2. The molecule has 1 aromatic heterocycles. The lowest BCUT2D eigenvalue weighted by molar-refractivity contribution is 0.0664. The van der Waals surface area contributed by atoms with Gasteiger partial charge in [-0.05, 0) is 72.9 Å². The fourth-order valence-corrected chi connectivity index (χ4v) is 7.26. The third-order valence-corrected chi connectivity index (χ3v) is 9.75. The molecule has 1 N–H and O–H groups in total. The topological polar surface area (TPSA) is 97.8 Å². The maximum absolute atomic E-state index is 14.1. The fourth-order valence-electron chi connectivity index (χ4n) is 4.96. The highest BCUT2D eigenvalue weighted by atomic mass is 35.5. The van der Waals surface area contributed by atoms with Crippen molar-refractivity contribution in [3.63, 3.8) is 0 Å². The molecule has 0 saturated heterocycles. The first kappa shape index (κ1) is 29.5. The fraction of sp³-hybridized carbons (Fsp3) is 0.333. The third kappa shape index (κ3) is 6.73. The van der Waals surface area contributed by atoms with E-state index in [-0.39, 0.29) is 23.4 Å². The van der Waals surface area contributed by atoms with Gasteiger partial charge >= 0.3 is 0 Å². The van der Waals surface area contributed by atoms with Crippen molar-refractivity contribution < 1.29 is 22.7 Å². The molecular weight excluding hydrogens is 582 g/mol. The van der Waals surface area contributed by atoms with Gasteiger partial charge in [0.1, 0.15) is 12.4 Å². The standard InChI is InChI=1S/C30H32ClN3O5S2/c1-3-12-32-41(36,37)25-10-8-20-16-24(17-21(20)18-25)34(30(35)29-33-26-6-4-5-7-28(26)40-29)19-22-15-23(31)9-11-27(22)39-14-13-38-2/h4-11,15,18,24,32H,3,12-14,16-17,19H2,1-2H3. The Morgan fingerprint density at radius 3 is 2.68 bits per heavy atom. The van der Waals surface area contributed by atoms with E-state index in [1.165, 1.54) is 11.3 Å². The van der Waals surface area contributed by atoms with Gasteiger partial charge in [-0.1, -0.05) is 36.7 Å². The van der Waals surface area contributed by atoms with Gasteiger partial charge in [0.25, 0.3) is 5.91 Å². The number of amides is 1. The highest BCUT2D eigenvalue weighted by molar-refractivity contribution is 7.89. The number of sulfonamides is 1. The van der Waals surface area contributed by atoms with Gasteiger partial charge in [0.05, 0.1) is 28.3 Å². The minimum absolute atomic E-state index is 0.190. The van der Waals surface area contributed by atoms with Gasteiger partial charge in [-0.3, -0.25) is 4.79 Å². The van der Waals surface area contributed by atoms with Crippen LogP contribution < -0.4 is 9.46 Å². The van der Waals surface area contributed by atoms with Crippen LogP contribution in [0.3, 0.4) is 0 Å². The summed E-state index contributed by atoms with van der Waals surface area (Å²) in [5, 5.41) is 0.939. The van der Waals surface area contributed by atoms with E-state index in [1.54, 1.807) is 31.4 Å². The van der Waals surface area contributed by atoms with Crippen LogP contribution in [0.5, 0.6) is 5.75 Å². The number of methoxy groups -OCH3 is 1. The Kier molecular flexibility index (Phi) is 9.25. The number of rotatable bonds is 12. The van der Waals surface area contributed by atoms with Crippen molar-refractivity contribution in [2.45, 2.75) is 43.7 Å². The molecule has 0 fully saturated rings. The zero-order chi connectivity index (χ0) is 29.0. The van der Waals surface area contributed by atoms with Crippen LogP contribution in [0.2, 0.25) is 5.02 Å². The van der Waals surface area contributed by atoms with E-state index in [1.807, 2.05) is 48.2 Å². The van der Waals surface area contributed by atoms with Crippen molar-refractivity contribution in [2.24, 2.45) is 0 Å². The van der Waals surface area contributed by atoms with Gasteiger partial charge in [-0.25, -0.2) is 18.1 Å². The quantitative estimate of drug-likeness (QED) is 0.213. The first-order chi connectivity index (χ1) is 19.8. The van der Waals surface area contributed by atoms with E-state index in [4.69, 9.17) is 21.1 Å². The number of benzene rings is 3. The minimum atomic E-state index is -3.61. The van der Waals surface area contributed by atoms with E-state index in [9.17, 15) is 13.2 Å². The zero-order valence-corrected chi connectivity index (χ0v) is 25.3. The van der Waals surface area contributed by atoms with Gasteiger partial charge in [-0.15, -0.1) is 11.3 Å². The summed E-state index contributed by atoms with van der Waals surface area (Å²) in [5.41, 5.74) is 3.48. The molecule has 216 valence electrons. The van der Waals surface area contributed by atoms with Crippen molar-refractivity contribution in [3.05, 3.63) is 87.4 Å². The average Bonchev–Trinajstić information content (AvgIpc) is 3.59. The molecule has 8 nitrogen and oxygen atoms in total. The van der Waals surface area contributed by atoms with Gasteiger partial charge in [-0.2, -0.15) is 0 Å². The minimum Gasteiger partial charge on any atom is -0.491 e. The number of hydrogen-bond donors (Lipinski definition) is 1. The predicted octanol–water partition coefficient (Wildman–Crippen LogP) is 5.47. The number of para-hydroxylation sites is 1. The molecular formula is C30H32ClN3O5S2. The molecule has 0 aliphatic heterocycles. The molecule has 3 aromatic carbocycles. The van der Waals surface area contributed by atoms with Crippen LogP contribution in [0, 0.1) is 0 Å². The van der Waals surface area contributed by atoms with Gasteiger partial charge in [0.2, 0.25) is 10.0 Å². The first-order valence-corrected chi connectivity index (χ1v) is 16.1. The monoisotopic (exact) mass is 613 g/mol. The Morgan fingerprint density at radius 1 is 1.10 bits per heavy atom. The van der Waals surface area contributed by atoms with Gasteiger partial charge < -0.3 is 14.4 Å². The Labute approximate surface area is 249 Å². The van der Waals surface area contributed by atoms with Crippen molar-refractivity contribution in [2.75, 3.05) is 26.9 Å². The summed E-state index contributed by atoms with van der Waals surface area (Å²) in [6.07, 6.45) is 1.81. The Bertz CT molecular complexity index is 1620. The van der Waals surface area contributed by atoms with E-state index >= 15 is 0 Å². The number of carbonyl (C=O) groups excluding carboxylic acids is 1. The van der Waals surface area contributed by atoms with Crippen molar-refractivity contribution in [3.8, 4) is 5.75 Å². The normalized spacial score (nSPS) is 14.8. The van der Waals surface area contributed by atoms with E-state index in [0.29, 0.717) is 54.8 Å². The Hall–Kier alpha value is -3.02. The Balaban J connectivity index is 1.48. The largest absolute Gasteiger partial charge is 0.491 e. The number of aromatic nitrogens is 1. The summed E-state index contributed by atoms with van der Waals surface area (Å²) < 4.78 is 40.2. The smallest absolute Gasteiger partial charge is 0.283 e. The number of thiazole rings is 1. The lowest BCUT2D eigenvalue weighted by Gasteiger charge is -2.29. The van der Waals surface area contributed by atoms with Gasteiger partial charge in [0, 0.05) is 30.3 Å². The molecule has 1 aliphatic rings. The molecule has 0 radical (unpaired) electrons. The number of halogens is 1. The molecule has 1 heterocycles. The summed E-state index contributed by atoms with van der Waals surface area (Å²) in [6, 6.07) is 18.1. The molecule has 1 unspecified atom stereocenters. The number of carbonyl (C=O) groups is 1. The number of fused-ring (bicyclic) bond motifs is 2. The summed E-state index contributed by atoms with van der Waals surface area (Å²) in [5.74, 6) is 0.434. The van der Waals surface area contributed by atoms with E-state index < -0.39 is 10.0 Å². The lowest BCUT2D eigenvalue weighted by Crippen LogP contribution is -2.40. The van der Waals surface area contributed by atoms with Crippen molar-refractivity contribution in [1.82, 2.24) is 14.6 Å². The van der Waals surface area contributed by atoms with Gasteiger partial charge in [0.15, 0.2) is 5.01 Å². The van der Waals surface area contributed by atoms with Crippen LogP contribution in [-0.2, 0) is 34.1 Å². The Morgan fingerprint density at radius 2 is 1.90 bits per heavy atom. The molecule has 1 amide bonds. The molecule has 1 atom stereocenters. The highest BCUT2D eigenvalue weighted by Crippen LogP contribution is 2.33. The average molecular weight is 614 g/mol. The number of nitrogens with zero attached hydrogens (tertiary/aromatic N) is 2. The highest BCUT2D eigenvalue weighted by Gasteiger charge is 2.33. The summed E-state index contributed by atoms with van der Waals surface area (Å²) >= 11 is 7.74.